The highest BCUT2D eigenvalue weighted by molar-refractivity contribution is 6.10. The van der Waals surface area contributed by atoms with Gasteiger partial charge in [-0.3, -0.25) is 4.79 Å². The maximum absolute atomic E-state index is 13.8. The summed E-state index contributed by atoms with van der Waals surface area (Å²) in [6.45, 7) is 9.80. The number of hydrogen-bond acceptors (Lipinski definition) is 4. The van der Waals surface area contributed by atoms with E-state index in [4.69, 9.17) is 9.47 Å². The van der Waals surface area contributed by atoms with Gasteiger partial charge in [0.05, 0.1) is 12.7 Å². The van der Waals surface area contributed by atoms with Crippen LogP contribution >= 0.6 is 0 Å². The molecule has 6 nitrogen and oxygen atoms in total. The van der Waals surface area contributed by atoms with Crippen molar-refractivity contribution in [3.8, 4) is 22.6 Å². The first-order valence-corrected chi connectivity index (χ1v) is 11.4. The van der Waals surface area contributed by atoms with Crippen molar-refractivity contribution in [2.75, 3.05) is 33.3 Å². The monoisotopic (exact) mass is 448 g/mol. The molecule has 0 atom stereocenters. The van der Waals surface area contributed by atoms with Gasteiger partial charge in [0.15, 0.2) is 5.75 Å². The fourth-order valence-electron chi connectivity index (χ4n) is 3.95. The molecule has 0 aliphatic heterocycles. The molecule has 0 heterocycles. The lowest BCUT2D eigenvalue weighted by Crippen LogP contribution is -2.35. The third-order valence-electron chi connectivity index (χ3n) is 5.86. The summed E-state index contributed by atoms with van der Waals surface area (Å²) >= 11 is 0. The lowest BCUT2D eigenvalue weighted by Gasteiger charge is -2.25. The van der Waals surface area contributed by atoms with Crippen LogP contribution in [0.4, 0.5) is 4.79 Å². The summed E-state index contributed by atoms with van der Waals surface area (Å²) < 4.78 is 11.4. The molecule has 0 bridgehead atoms. The minimum absolute atomic E-state index is 0.175. The van der Waals surface area contributed by atoms with Gasteiger partial charge >= 0.3 is 6.09 Å². The van der Waals surface area contributed by atoms with E-state index in [9.17, 15) is 9.59 Å². The summed E-state index contributed by atoms with van der Waals surface area (Å²) in [5.74, 6) is 0.800. The van der Waals surface area contributed by atoms with Gasteiger partial charge in [0.2, 0.25) is 0 Å². The minimum Gasteiger partial charge on any atom is -0.497 e. The molecule has 0 unspecified atom stereocenters. The molecule has 0 fully saturated rings. The molecule has 6 heteroatoms. The van der Waals surface area contributed by atoms with Crippen molar-refractivity contribution in [3.05, 3.63) is 60.2 Å². The third-order valence-corrected chi connectivity index (χ3v) is 5.86. The number of hydrogen-bond donors (Lipinski definition) is 0. The summed E-state index contributed by atoms with van der Waals surface area (Å²) in [6.07, 6.45) is -0.471. The average molecular weight is 449 g/mol. The van der Waals surface area contributed by atoms with Crippen molar-refractivity contribution in [1.29, 1.82) is 0 Å². The van der Waals surface area contributed by atoms with Gasteiger partial charge in [-0.05, 0) is 62.4 Å². The highest BCUT2D eigenvalue weighted by atomic mass is 16.6. The van der Waals surface area contributed by atoms with Gasteiger partial charge in [0.1, 0.15) is 5.75 Å². The molecule has 0 radical (unpaired) electrons. The number of amides is 2. The van der Waals surface area contributed by atoms with E-state index in [2.05, 4.69) is 0 Å². The highest BCUT2D eigenvalue weighted by Gasteiger charge is 2.27. The number of methoxy groups -OCH3 is 1. The van der Waals surface area contributed by atoms with Crippen LogP contribution in [0.3, 0.4) is 0 Å². The first kappa shape index (κ1) is 24.1. The molecule has 0 N–H and O–H groups in total. The number of carbonyl (C=O) groups excluding carboxylic acids is 2. The Labute approximate surface area is 195 Å². The van der Waals surface area contributed by atoms with Gasteiger partial charge in [0, 0.05) is 31.6 Å². The Morgan fingerprint density at radius 1 is 0.818 bits per heavy atom. The third kappa shape index (κ3) is 4.95. The molecular formula is C27H32N2O4. The fourth-order valence-corrected chi connectivity index (χ4v) is 3.95. The van der Waals surface area contributed by atoms with Crippen LogP contribution in [-0.4, -0.2) is 55.1 Å². The zero-order valence-corrected chi connectivity index (χ0v) is 20.1. The SMILES string of the molecule is CCN(CC)C(=O)Oc1c(C(=O)N(CC)CC)c(-c2cccc(OC)c2)cc2ccccc12. The Morgan fingerprint density at radius 3 is 2.12 bits per heavy atom. The molecule has 33 heavy (non-hydrogen) atoms. The molecule has 0 aromatic heterocycles. The standard InChI is InChI=1S/C27H32N2O4/c1-6-28(7-2)26(30)24-23(19-14-12-15-21(17-19)32-5)18-20-13-10-11-16-22(20)25(24)33-27(31)29(8-3)9-4/h10-18H,6-9H2,1-5H3. The molecule has 0 saturated heterocycles. The van der Waals surface area contributed by atoms with E-state index in [1.165, 1.54) is 0 Å². The molecule has 2 amide bonds. The largest absolute Gasteiger partial charge is 0.497 e. The Morgan fingerprint density at radius 2 is 1.48 bits per heavy atom. The van der Waals surface area contributed by atoms with Crippen LogP contribution in [0.25, 0.3) is 21.9 Å². The second kappa shape index (κ2) is 10.9. The maximum atomic E-state index is 13.8. The number of fused-ring (bicyclic) bond motifs is 1. The molecule has 3 aromatic rings. The van der Waals surface area contributed by atoms with Crippen LogP contribution in [0.5, 0.6) is 11.5 Å². The van der Waals surface area contributed by atoms with Crippen molar-refractivity contribution in [2.24, 2.45) is 0 Å². The van der Waals surface area contributed by atoms with Crippen molar-refractivity contribution < 1.29 is 19.1 Å². The predicted molar refractivity (Wildman–Crippen MR) is 132 cm³/mol. The van der Waals surface area contributed by atoms with Gasteiger partial charge < -0.3 is 19.3 Å². The van der Waals surface area contributed by atoms with Crippen LogP contribution in [0.1, 0.15) is 38.1 Å². The smallest absolute Gasteiger partial charge is 0.415 e. The van der Waals surface area contributed by atoms with Gasteiger partial charge in [-0.15, -0.1) is 0 Å². The van der Waals surface area contributed by atoms with Gasteiger partial charge in [-0.1, -0.05) is 36.4 Å². The molecule has 3 rings (SSSR count). The fraction of sp³-hybridized carbons (Fsp3) is 0.333. The quantitative estimate of drug-likeness (QED) is 0.434. The second-order valence-electron chi connectivity index (χ2n) is 7.60. The Hall–Kier alpha value is -3.54. The summed E-state index contributed by atoms with van der Waals surface area (Å²) in [4.78, 5) is 30.1. The van der Waals surface area contributed by atoms with Crippen LogP contribution in [-0.2, 0) is 0 Å². The Bertz CT molecular complexity index is 1130. The number of nitrogens with zero attached hydrogens (tertiary/aromatic N) is 2. The van der Waals surface area contributed by atoms with Gasteiger partial charge in [0.25, 0.3) is 5.91 Å². The predicted octanol–water partition coefficient (Wildman–Crippen LogP) is 5.84. The number of ether oxygens (including phenoxy) is 2. The summed E-state index contributed by atoms with van der Waals surface area (Å²) in [5, 5.41) is 1.61. The number of benzene rings is 3. The summed E-state index contributed by atoms with van der Waals surface area (Å²) in [6, 6.07) is 17.2. The van der Waals surface area contributed by atoms with E-state index in [-0.39, 0.29) is 5.91 Å². The van der Waals surface area contributed by atoms with Crippen molar-refractivity contribution >= 4 is 22.8 Å². The molecule has 0 saturated carbocycles. The van der Waals surface area contributed by atoms with Crippen LogP contribution in [0, 0.1) is 0 Å². The van der Waals surface area contributed by atoms with Crippen molar-refractivity contribution in [2.45, 2.75) is 27.7 Å². The van der Waals surface area contributed by atoms with E-state index >= 15 is 0 Å². The lowest BCUT2D eigenvalue weighted by molar-refractivity contribution is 0.0770. The molecule has 0 aliphatic rings. The normalized spacial score (nSPS) is 10.7. The van der Waals surface area contributed by atoms with E-state index in [0.29, 0.717) is 48.8 Å². The minimum atomic E-state index is -0.471. The number of rotatable bonds is 8. The van der Waals surface area contributed by atoms with Crippen LogP contribution in [0.15, 0.2) is 54.6 Å². The summed E-state index contributed by atoms with van der Waals surface area (Å²) in [7, 11) is 1.61. The van der Waals surface area contributed by atoms with E-state index < -0.39 is 6.09 Å². The molecule has 0 spiro atoms. The van der Waals surface area contributed by atoms with Crippen LogP contribution < -0.4 is 9.47 Å². The van der Waals surface area contributed by atoms with E-state index in [1.807, 2.05) is 82.3 Å². The number of carbonyl (C=O) groups is 2. The van der Waals surface area contributed by atoms with Crippen molar-refractivity contribution in [1.82, 2.24) is 9.80 Å². The average Bonchev–Trinajstić information content (AvgIpc) is 2.85. The van der Waals surface area contributed by atoms with Crippen LogP contribution in [0.2, 0.25) is 0 Å². The molecule has 0 aliphatic carbocycles. The molecular weight excluding hydrogens is 416 g/mol. The van der Waals surface area contributed by atoms with Gasteiger partial charge in [-0.2, -0.15) is 0 Å². The van der Waals surface area contributed by atoms with E-state index in [1.54, 1.807) is 16.9 Å². The van der Waals surface area contributed by atoms with E-state index in [0.717, 1.165) is 16.3 Å². The molecule has 3 aromatic carbocycles. The zero-order chi connectivity index (χ0) is 24.0. The first-order chi connectivity index (χ1) is 16.0. The highest BCUT2D eigenvalue weighted by Crippen LogP contribution is 2.40. The maximum Gasteiger partial charge on any atom is 0.415 e. The molecule has 174 valence electrons. The van der Waals surface area contributed by atoms with Gasteiger partial charge in [-0.25, -0.2) is 4.79 Å². The lowest BCUT2D eigenvalue weighted by atomic mass is 9.93. The Balaban J connectivity index is 2.35. The first-order valence-electron chi connectivity index (χ1n) is 11.4. The van der Waals surface area contributed by atoms with Crippen molar-refractivity contribution in [3.63, 3.8) is 0 Å². The second-order valence-corrected chi connectivity index (χ2v) is 7.60. The summed E-state index contributed by atoms with van der Waals surface area (Å²) in [5.41, 5.74) is 1.90. The Kier molecular flexibility index (Phi) is 7.93. The topological polar surface area (TPSA) is 59.1 Å². The zero-order valence-electron chi connectivity index (χ0n) is 20.1.